The van der Waals surface area contributed by atoms with Crippen LogP contribution in [0.25, 0.3) is 0 Å². The van der Waals surface area contributed by atoms with Crippen molar-refractivity contribution in [3.63, 3.8) is 0 Å². The highest BCUT2D eigenvalue weighted by atomic mass is 16.2. The smallest absolute Gasteiger partial charge is 0.232 e. The highest BCUT2D eigenvalue weighted by Crippen LogP contribution is 2.27. The highest BCUT2D eigenvalue weighted by molar-refractivity contribution is 5.87. The van der Waals surface area contributed by atoms with Crippen LogP contribution in [0.1, 0.15) is 25.8 Å². The van der Waals surface area contributed by atoms with Crippen molar-refractivity contribution in [2.75, 3.05) is 27.2 Å². The van der Waals surface area contributed by atoms with Crippen LogP contribution < -0.4 is 0 Å². The van der Waals surface area contributed by atoms with Gasteiger partial charge in [0.25, 0.3) is 0 Å². The molecule has 1 aromatic carbocycles. The summed E-state index contributed by atoms with van der Waals surface area (Å²) in [6, 6.07) is 10.6. The fourth-order valence-electron chi connectivity index (χ4n) is 2.72. The number of hydrogen-bond acceptors (Lipinski definition) is 2. The molecule has 1 aliphatic rings. The maximum absolute atomic E-state index is 12.7. The van der Waals surface area contributed by atoms with E-state index in [0.717, 1.165) is 25.1 Å². The molecule has 19 heavy (non-hydrogen) atoms. The Morgan fingerprint density at radius 2 is 1.89 bits per heavy atom. The second kappa shape index (κ2) is 5.33. The van der Waals surface area contributed by atoms with Crippen molar-refractivity contribution in [3.8, 4) is 0 Å². The van der Waals surface area contributed by atoms with Crippen molar-refractivity contribution in [1.82, 2.24) is 9.80 Å². The number of benzene rings is 1. The van der Waals surface area contributed by atoms with E-state index in [4.69, 9.17) is 0 Å². The average Bonchev–Trinajstić information content (AvgIpc) is 2.88. The van der Waals surface area contributed by atoms with Crippen LogP contribution in [-0.4, -0.2) is 48.9 Å². The number of carbonyl (C=O) groups excluding carboxylic acids is 1. The number of rotatable bonds is 3. The molecule has 0 spiro atoms. The monoisotopic (exact) mass is 260 g/mol. The second-order valence-electron chi connectivity index (χ2n) is 6.15. The van der Waals surface area contributed by atoms with Gasteiger partial charge in [-0.2, -0.15) is 0 Å². The standard InChI is InChI=1S/C16H24N2O/c1-16(2,13-8-6-5-7-9-13)15(19)18-11-10-14(12-18)17(3)4/h5-9,14H,10-12H2,1-4H3. The molecule has 0 aromatic heterocycles. The number of carbonyl (C=O) groups is 1. The number of likely N-dealkylation sites (N-methyl/N-ethyl adjacent to an activating group) is 1. The van der Waals surface area contributed by atoms with Gasteiger partial charge in [-0.1, -0.05) is 30.3 Å². The van der Waals surface area contributed by atoms with Gasteiger partial charge in [0.2, 0.25) is 5.91 Å². The Morgan fingerprint density at radius 3 is 2.42 bits per heavy atom. The molecule has 1 amide bonds. The number of likely N-dealkylation sites (tertiary alicyclic amines) is 1. The summed E-state index contributed by atoms with van der Waals surface area (Å²) in [5.41, 5.74) is 0.649. The van der Waals surface area contributed by atoms with Gasteiger partial charge >= 0.3 is 0 Å². The highest BCUT2D eigenvalue weighted by Gasteiger charge is 2.37. The minimum Gasteiger partial charge on any atom is -0.340 e. The first-order valence-corrected chi connectivity index (χ1v) is 6.94. The molecule has 1 heterocycles. The first-order chi connectivity index (χ1) is 8.93. The van der Waals surface area contributed by atoms with E-state index >= 15 is 0 Å². The van der Waals surface area contributed by atoms with Crippen molar-refractivity contribution in [3.05, 3.63) is 35.9 Å². The van der Waals surface area contributed by atoms with Gasteiger partial charge in [-0.3, -0.25) is 4.79 Å². The zero-order valence-corrected chi connectivity index (χ0v) is 12.4. The number of nitrogens with zero attached hydrogens (tertiary/aromatic N) is 2. The number of hydrogen-bond donors (Lipinski definition) is 0. The van der Waals surface area contributed by atoms with Crippen LogP contribution in [0, 0.1) is 0 Å². The summed E-state index contributed by atoms with van der Waals surface area (Å²) in [4.78, 5) is 17.0. The van der Waals surface area contributed by atoms with Gasteiger partial charge < -0.3 is 9.80 Å². The Hall–Kier alpha value is -1.35. The average molecular weight is 260 g/mol. The lowest BCUT2D eigenvalue weighted by Gasteiger charge is -2.30. The van der Waals surface area contributed by atoms with Crippen molar-refractivity contribution in [2.45, 2.75) is 31.7 Å². The van der Waals surface area contributed by atoms with E-state index < -0.39 is 5.41 Å². The summed E-state index contributed by atoms with van der Waals surface area (Å²) in [6.07, 6.45) is 1.07. The first kappa shape index (κ1) is 14.1. The minimum absolute atomic E-state index is 0.239. The molecule has 1 aromatic rings. The van der Waals surface area contributed by atoms with Crippen molar-refractivity contribution in [2.24, 2.45) is 0 Å². The van der Waals surface area contributed by atoms with E-state index in [1.54, 1.807) is 0 Å². The number of amides is 1. The van der Waals surface area contributed by atoms with E-state index in [9.17, 15) is 4.79 Å². The molecule has 0 N–H and O–H groups in total. The van der Waals surface area contributed by atoms with Crippen molar-refractivity contribution < 1.29 is 4.79 Å². The van der Waals surface area contributed by atoms with Crippen LogP contribution >= 0.6 is 0 Å². The normalized spacial score (nSPS) is 20.1. The predicted molar refractivity (Wildman–Crippen MR) is 78.1 cm³/mol. The summed E-state index contributed by atoms with van der Waals surface area (Å²) in [5, 5.41) is 0. The van der Waals surface area contributed by atoms with Crippen LogP contribution in [0.4, 0.5) is 0 Å². The van der Waals surface area contributed by atoms with Crippen molar-refractivity contribution in [1.29, 1.82) is 0 Å². The van der Waals surface area contributed by atoms with Crippen LogP contribution in [-0.2, 0) is 10.2 Å². The molecule has 3 heteroatoms. The van der Waals surface area contributed by atoms with Gasteiger partial charge in [0.15, 0.2) is 0 Å². The summed E-state index contributed by atoms with van der Waals surface area (Å²) in [6.45, 7) is 5.77. The van der Waals surface area contributed by atoms with Crippen molar-refractivity contribution >= 4 is 5.91 Å². The molecule has 0 bridgehead atoms. The van der Waals surface area contributed by atoms with Crippen LogP contribution in [0.5, 0.6) is 0 Å². The van der Waals surface area contributed by atoms with E-state index in [-0.39, 0.29) is 5.91 Å². The first-order valence-electron chi connectivity index (χ1n) is 6.94. The summed E-state index contributed by atoms with van der Waals surface area (Å²) < 4.78 is 0. The Balaban J connectivity index is 2.12. The Morgan fingerprint density at radius 1 is 1.26 bits per heavy atom. The maximum atomic E-state index is 12.7. The van der Waals surface area contributed by atoms with E-state index in [2.05, 4.69) is 19.0 Å². The van der Waals surface area contributed by atoms with Gasteiger partial charge in [0, 0.05) is 19.1 Å². The third-order valence-electron chi connectivity index (χ3n) is 4.21. The third-order valence-corrected chi connectivity index (χ3v) is 4.21. The summed E-state index contributed by atoms with van der Waals surface area (Å²) in [7, 11) is 4.17. The van der Waals surface area contributed by atoms with Crippen LogP contribution in [0.15, 0.2) is 30.3 Å². The molecule has 104 valence electrons. The van der Waals surface area contributed by atoms with Gasteiger partial charge in [0.1, 0.15) is 0 Å². The molecular formula is C16H24N2O. The lowest BCUT2D eigenvalue weighted by Crippen LogP contribution is -2.43. The van der Waals surface area contributed by atoms with Crippen LogP contribution in [0.2, 0.25) is 0 Å². The Kier molecular flexibility index (Phi) is 3.95. The molecule has 1 saturated heterocycles. The summed E-state index contributed by atoms with van der Waals surface area (Å²) >= 11 is 0. The quantitative estimate of drug-likeness (QED) is 0.831. The van der Waals surface area contributed by atoms with Gasteiger partial charge in [-0.25, -0.2) is 0 Å². The maximum Gasteiger partial charge on any atom is 0.232 e. The van der Waals surface area contributed by atoms with E-state index in [0.29, 0.717) is 6.04 Å². The summed E-state index contributed by atoms with van der Waals surface area (Å²) in [5.74, 6) is 0.239. The topological polar surface area (TPSA) is 23.6 Å². The Bertz CT molecular complexity index is 439. The lowest BCUT2D eigenvalue weighted by molar-refractivity contribution is -0.135. The zero-order chi connectivity index (χ0) is 14.0. The molecule has 0 aliphatic carbocycles. The SMILES string of the molecule is CN(C)C1CCN(C(=O)C(C)(C)c2ccccc2)C1. The molecule has 1 unspecified atom stereocenters. The van der Waals surface area contributed by atoms with Gasteiger partial charge in [-0.05, 0) is 39.9 Å². The third kappa shape index (κ3) is 2.81. The lowest BCUT2D eigenvalue weighted by atomic mass is 9.83. The van der Waals surface area contributed by atoms with E-state index in [1.165, 1.54) is 0 Å². The molecular weight excluding hydrogens is 236 g/mol. The van der Waals surface area contributed by atoms with Crippen LogP contribution in [0.3, 0.4) is 0 Å². The largest absolute Gasteiger partial charge is 0.340 e. The molecule has 2 rings (SSSR count). The second-order valence-corrected chi connectivity index (χ2v) is 6.15. The molecule has 3 nitrogen and oxygen atoms in total. The van der Waals surface area contributed by atoms with Gasteiger partial charge in [0.05, 0.1) is 5.41 Å². The minimum atomic E-state index is -0.442. The van der Waals surface area contributed by atoms with E-state index in [1.807, 2.05) is 49.1 Å². The molecule has 1 fully saturated rings. The fourth-order valence-corrected chi connectivity index (χ4v) is 2.72. The Labute approximate surface area is 116 Å². The molecule has 0 saturated carbocycles. The zero-order valence-electron chi connectivity index (χ0n) is 12.4. The molecule has 1 aliphatic heterocycles. The van der Waals surface area contributed by atoms with Gasteiger partial charge in [-0.15, -0.1) is 0 Å². The molecule has 1 atom stereocenters. The fraction of sp³-hybridized carbons (Fsp3) is 0.562. The predicted octanol–water partition coefficient (Wildman–Crippen LogP) is 2.13. The molecule has 0 radical (unpaired) electrons.